The van der Waals surface area contributed by atoms with Crippen molar-refractivity contribution in [3.8, 4) is 5.75 Å². The Morgan fingerprint density at radius 1 is 0.958 bits per heavy atom. The number of likely N-dealkylation sites (tertiary alicyclic amines) is 1. The van der Waals surface area contributed by atoms with E-state index in [1.807, 2.05) is 20.8 Å². The number of carbonyl (C=O) groups is 8. The molecule has 3 saturated heterocycles. The number of aliphatic hydroxyl groups is 1. The number of β-amino-alcohol motifs (C(OH)–C–C–N with tert-alkyl or cyclic N) is 1. The molecule has 2 aromatic carbocycles. The van der Waals surface area contributed by atoms with Gasteiger partial charge in [0.25, 0.3) is 11.4 Å². The van der Waals surface area contributed by atoms with Crippen molar-refractivity contribution in [1.29, 1.82) is 0 Å². The fourth-order valence-corrected chi connectivity index (χ4v) is 9.84. The van der Waals surface area contributed by atoms with Crippen molar-refractivity contribution in [2.45, 2.75) is 129 Å². The zero-order valence-electron chi connectivity index (χ0n) is 40.5. The number of benzene rings is 2. The van der Waals surface area contributed by atoms with Gasteiger partial charge in [0.2, 0.25) is 35.4 Å². The fraction of sp³-hybridized carbons (Fsp3) is 0.542. The molecular weight excluding hydrogens is 947 g/mol. The molecular formula is C48H64FN8O13P. The Hall–Kier alpha value is -6.22. The van der Waals surface area contributed by atoms with Crippen molar-refractivity contribution >= 4 is 65.4 Å². The number of nitrogens with two attached hydrogens (primary N) is 1. The van der Waals surface area contributed by atoms with E-state index in [1.165, 1.54) is 47.1 Å². The Morgan fingerprint density at radius 2 is 1.68 bits per heavy atom. The summed E-state index contributed by atoms with van der Waals surface area (Å²) in [6.07, 6.45) is 1.01. The summed E-state index contributed by atoms with van der Waals surface area (Å²) < 4.78 is 33.6. The van der Waals surface area contributed by atoms with Crippen LogP contribution in [0.15, 0.2) is 36.4 Å². The predicted molar refractivity (Wildman–Crippen MR) is 255 cm³/mol. The lowest BCUT2D eigenvalue weighted by molar-refractivity contribution is -0.145. The van der Waals surface area contributed by atoms with Crippen molar-refractivity contribution < 1.29 is 66.9 Å². The molecule has 0 spiro atoms. The first-order chi connectivity index (χ1) is 33.3. The maximum absolute atomic E-state index is 16.1. The van der Waals surface area contributed by atoms with E-state index in [2.05, 4.69) is 20.9 Å². The summed E-state index contributed by atoms with van der Waals surface area (Å²) in [5, 5.41) is 18.6. The van der Waals surface area contributed by atoms with E-state index < -0.39 is 84.3 Å². The number of aryl methyl sites for hydroxylation is 2. The molecule has 4 heterocycles. The van der Waals surface area contributed by atoms with Crippen LogP contribution in [0.2, 0.25) is 0 Å². The summed E-state index contributed by atoms with van der Waals surface area (Å²) in [6, 6.07) is 3.62. The van der Waals surface area contributed by atoms with Crippen LogP contribution in [0.3, 0.4) is 0 Å². The monoisotopic (exact) mass is 1010 g/mol. The molecule has 6 rings (SSSR count). The number of H-pyrrole nitrogens is 1. The molecule has 0 radical (unpaired) electrons. The molecule has 3 aliphatic rings. The van der Waals surface area contributed by atoms with Gasteiger partial charge in [-0.05, 0) is 98.7 Å². The minimum Gasteiger partial charge on any atom is -0.488 e. The van der Waals surface area contributed by atoms with Gasteiger partial charge >= 0.3 is 7.60 Å². The van der Waals surface area contributed by atoms with Crippen molar-refractivity contribution in [3.63, 3.8) is 0 Å². The number of amides is 7. The first-order valence-electron chi connectivity index (χ1n) is 23.7. The molecule has 3 fully saturated rings. The summed E-state index contributed by atoms with van der Waals surface area (Å²) in [6.45, 7) is 8.86. The van der Waals surface area contributed by atoms with Gasteiger partial charge in [0, 0.05) is 68.5 Å². The van der Waals surface area contributed by atoms with Crippen molar-refractivity contribution in [2.75, 3.05) is 32.8 Å². The Labute approximate surface area is 409 Å². The average Bonchev–Trinajstić information content (AvgIpc) is 4.04. The summed E-state index contributed by atoms with van der Waals surface area (Å²) in [5.41, 5.74) is 4.40. The minimum atomic E-state index is -5.09. The molecule has 6 atom stereocenters. The van der Waals surface area contributed by atoms with E-state index in [-0.39, 0.29) is 110 Å². The van der Waals surface area contributed by atoms with Crippen molar-refractivity contribution in [2.24, 2.45) is 11.1 Å². The van der Waals surface area contributed by atoms with Gasteiger partial charge in [0.1, 0.15) is 30.4 Å². The normalized spacial score (nSPS) is 20.4. The molecule has 7 amide bonds. The van der Waals surface area contributed by atoms with Gasteiger partial charge in [-0.3, -0.25) is 42.9 Å². The number of nitrogens with zero attached hydrogens (tertiary/aromatic N) is 3. The van der Waals surface area contributed by atoms with Gasteiger partial charge in [0.05, 0.1) is 12.1 Å². The van der Waals surface area contributed by atoms with Gasteiger partial charge in [-0.2, -0.15) is 0 Å². The van der Waals surface area contributed by atoms with Crippen molar-refractivity contribution in [3.05, 3.63) is 64.6 Å². The maximum Gasteiger partial charge on any atom is 0.396 e. The number of hydrogen-bond donors (Lipinski definition) is 8. The highest BCUT2D eigenvalue weighted by Gasteiger charge is 2.46. The van der Waals surface area contributed by atoms with Crippen LogP contribution >= 0.6 is 7.60 Å². The molecule has 23 heteroatoms. The molecule has 0 saturated carbocycles. The van der Waals surface area contributed by atoms with Gasteiger partial charge in [-0.1, -0.05) is 26.8 Å². The van der Waals surface area contributed by atoms with Crippen LogP contribution in [-0.2, 0) is 39.8 Å². The van der Waals surface area contributed by atoms with E-state index in [0.717, 1.165) is 0 Å². The molecule has 21 nitrogen and oxygen atoms in total. The first-order valence-corrected chi connectivity index (χ1v) is 25.3. The quantitative estimate of drug-likeness (QED) is 0.0846. The van der Waals surface area contributed by atoms with E-state index in [4.69, 9.17) is 10.5 Å². The van der Waals surface area contributed by atoms with Crippen LogP contribution in [0.1, 0.15) is 111 Å². The molecule has 0 unspecified atom stereocenters. The highest BCUT2D eigenvalue weighted by Crippen LogP contribution is 2.39. The Balaban J connectivity index is 1.12. The number of halogens is 1. The number of fused-ring (bicyclic) bond motifs is 2. The molecule has 386 valence electrons. The number of hydrogen-bond acceptors (Lipinski definition) is 11. The highest BCUT2D eigenvalue weighted by molar-refractivity contribution is 7.70. The van der Waals surface area contributed by atoms with Crippen LogP contribution in [0.5, 0.6) is 5.75 Å². The number of aliphatic hydroxyl groups excluding tert-OH is 1. The van der Waals surface area contributed by atoms with Gasteiger partial charge in [0.15, 0.2) is 11.6 Å². The number of nitrogens with one attached hydrogen (secondary N) is 4. The highest BCUT2D eigenvalue weighted by atomic mass is 31.2. The Bertz CT molecular complexity index is 2610. The van der Waals surface area contributed by atoms with Crippen LogP contribution in [0.4, 0.5) is 4.39 Å². The lowest BCUT2D eigenvalue weighted by Gasteiger charge is -2.38. The number of aromatic nitrogens is 1. The smallest absolute Gasteiger partial charge is 0.396 e. The average molecular weight is 1010 g/mol. The number of primary amides is 1. The molecule has 71 heavy (non-hydrogen) atoms. The summed E-state index contributed by atoms with van der Waals surface area (Å²) in [5.74, 6) is -4.49. The lowest BCUT2D eigenvalue weighted by Crippen LogP contribution is -2.61. The minimum absolute atomic E-state index is 0.00239. The Morgan fingerprint density at radius 3 is 2.32 bits per heavy atom. The standard InChI is InChI=1S/C48H64FN8O13P/c1-26-19-28(7-6-8-40(61)54-42(48(3,4)5)46(65)56-18-16-33(59)23-56)41(49)38(20-26)70-25-31(10-14-39(50)60)51-44(63)37-13-11-32-15-17-55(27(2)58)24-36(45(64)57(32)37)53-43(62)35-22-30-21-29(9-12-34(30)52-35)47(66)71(67,68)69/h9,12,19-22,31-33,36-37,42,52,59H,6-8,10-11,13-18,23-25H2,1-5H3,(H2,50,60)(H,51,63)(H,53,62)(H,54,61)(H2,67,68,69)/t31-,32+,33+,36-,37-,42+/m0/s1. The second-order valence-electron chi connectivity index (χ2n) is 19.8. The first kappa shape index (κ1) is 54.1. The topological polar surface area (TPSA) is 311 Å². The van der Waals surface area contributed by atoms with E-state index >= 15 is 4.39 Å². The largest absolute Gasteiger partial charge is 0.488 e. The van der Waals surface area contributed by atoms with Gasteiger partial charge in [-0.15, -0.1) is 0 Å². The van der Waals surface area contributed by atoms with E-state index in [0.29, 0.717) is 36.9 Å². The maximum atomic E-state index is 16.1. The zero-order valence-corrected chi connectivity index (χ0v) is 41.4. The fourth-order valence-electron chi connectivity index (χ4n) is 9.36. The third-order valence-electron chi connectivity index (χ3n) is 13.1. The van der Waals surface area contributed by atoms with Gasteiger partial charge < -0.3 is 61.0 Å². The second kappa shape index (κ2) is 22.5. The van der Waals surface area contributed by atoms with Gasteiger partial charge in [-0.25, -0.2) is 4.39 Å². The van der Waals surface area contributed by atoms with Crippen molar-refractivity contribution in [1.82, 2.24) is 35.6 Å². The molecule has 9 N–H and O–H groups in total. The summed E-state index contributed by atoms with van der Waals surface area (Å²) in [7, 11) is -5.09. The van der Waals surface area contributed by atoms with Crippen LogP contribution in [0, 0.1) is 18.2 Å². The molecule has 3 aliphatic heterocycles. The number of carbonyl (C=O) groups excluding carboxylic acids is 8. The molecule has 0 aliphatic carbocycles. The van der Waals surface area contributed by atoms with Crippen LogP contribution in [0.25, 0.3) is 10.9 Å². The van der Waals surface area contributed by atoms with E-state index in [1.54, 1.807) is 17.9 Å². The van der Waals surface area contributed by atoms with Crippen LogP contribution < -0.4 is 26.4 Å². The number of ether oxygens (including phenoxy) is 1. The summed E-state index contributed by atoms with van der Waals surface area (Å²) in [4.78, 5) is 132. The number of aromatic amines is 1. The predicted octanol–water partition coefficient (Wildman–Crippen LogP) is 1.92. The Kier molecular flexibility index (Phi) is 17.1. The molecule has 3 aromatic rings. The van der Waals surface area contributed by atoms with Crippen LogP contribution in [-0.4, -0.2) is 151 Å². The lowest BCUT2D eigenvalue weighted by atomic mass is 9.85. The third-order valence-corrected chi connectivity index (χ3v) is 13.9. The summed E-state index contributed by atoms with van der Waals surface area (Å²) >= 11 is 0. The third kappa shape index (κ3) is 13.6. The second-order valence-corrected chi connectivity index (χ2v) is 21.3. The van der Waals surface area contributed by atoms with E-state index in [9.17, 15) is 57.8 Å². The number of rotatable bonds is 18. The zero-order chi connectivity index (χ0) is 52.1. The molecule has 1 aromatic heterocycles. The SMILES string of the molecule is CC(=O)N1CC[C@H]2CC[C@@H](C(=O)N[C@@H](CCC(N)=O)COc3cc(C)cc(CCCC(=O)N[C@H](C(=O)N4CC[C@@H](O)C4)C(C)(C)C)c3F)N2C(=O)[C@@H](NC(=O)c2cc3cc(C(=O)P(=O)(O)O)ccc3[nH]2)C1. The molecule has 0 bridgehead atoms.